The lowest BCUT2D eigenvalue weighted by atomic mass is 9.85. The van der Waals surface area contributed by atoms with Gasteiger partial charge in [-0.25, -0.2) is 0 Å². The lowest BCUT2D eigenvalue weighted by molar-refractivity contribution is 0.241. The highest BCUT2D eigenvalue weighted by molar-refractivity contribution is 5.37. The van der Waals surface area contributed by atoms with Crippen LogP contribution in [0.15, 0.2) is 18.2 Å². The average molecular weight is 248 g/mol. The quantitative estimate of drug-likeness (QED) is 0.860. The number of phenolic OH excluding ortho intramolecular Hbond substituents is 1. The van der Waals surface area contributed by atoms with Gasteiger partial charge in [-0.3, -0.25) is 0 Å². The van der Waals surface area contributed by atoms with Gasteiger partial charge in [0.05, 0.1) is 6.10 Å². The van der Waals surface area contributed by atoms with Gasteiger partial charge in [0, 0.05) is 6.07 Å². The van der Waals surface area contributed by atoms with E-state index in [0.29, 0.717) is 5.75 Å². The van der Waals surface area contributed by atoms with E-state index in [-0.39, 0.29) is 6.10 Å². The van der Waals surface area contributed by atoms with Gasteiger partial charge in [-0.15, -0.1) is 0 Å². The lowest BCUT2D eigenvalue weighted by Crippen LogP contribution is -2.10. The van der Waals surface area contributed by atoms with Crippen molar-refractivity contribution in [2.45, 2.75) is 58.5 Å². The number of benzene rings is 1. The fourth-order valence-corrected chi connectivity index (χ4v) is 2.83. The fraction of sp³-hybridized carbons (Fsp3) is 0.625. The van der Waals surface area contributed by atoms with E-state index in [9.17, 15) is 5.11 Å². The largest absolute Gasteiger partial charge is 0.508 e. The third-order valence-electron chi connectivity index (χ3n) is 3.57. The number of rotatable bonds is 4. The first kappa shape index (κ1) is 13.3. The summed E-state index contributed by atoms with van der Waals surface area (Å²) >= 11 is 0. The number of hydrogen-bond donors (Lipinski definition) is 1. The highest BCUT2D eigenvalue weighted by atomic mass is 16.5. The predicted molar refractivity (Wildman–Crippen MR) is 74.1 cm³/mol. The highest BCUT2D eigenvalue weighted by Gasteiger charge is 2.14. The minimum atomic E-state index is 0.148. The molecule has 0 radical (unpaired) electrons. The maximum atomic E-state index is 9.76. The molecule has 0 atom stereocenters. The molecule has 2 nitrogen and oxygen atoms in total. The van der Waals surface area contributed by atoms with Crippen LogP contribution in [0.25, 0.3) is 0 Å². The zero-order valence-corrected chi connectivity index (χ0v) is 11.5. The van der Waals surface area contributed by atoms with Crippen LogP contribution < -0.4 is 4.74 Å². The van der Waals surface area contributed by atoms with Crippen molar-refractivity contribution in [2.75, 3.05) is 0 Å². The second kappa shape index (κ2) is 6.12. The molecule has 0 aliphatic heterocycles. The molecule has 0 aromatic heterocycles. The van der Waals surface area contributed by atoms with E-state index in [4.69, 9.17) is 4.74 Å². The van der Waals surface area contributed by atoms with E-state index < -0.39 is 0 Å². The summed E-state index contributed by atoms with van der Waals surface area (Å²) in [6, 6.07) is 5.65. The van der Waals surface area contributed by atoms with Gasteiger partial charge in [0.15, 0.2) is 0 Å². The number of aromatic hydroxyl groups is 1. The van der Waals surface area contributed by atoms with Gasteiger partial charge < -0.3 is 9.84 Å². The topological polar surface area (TPSA) is 29.5 Å². The molecule has 18 heavy (non-hydrogen) atoms. The van der Waals surface area contributed by atoms with Crippen LogP contribution in [-0.4, -0.2) is 11.2 Å². The summed E-state index contributed by atoms with van der Waals surface area (Å²) in [6.45, 7) is 4.01. The number of ether oxygens (including phenoxy) is 1. The van der Waals surface area contributed by atoms with Crippen molar-refractivity contribution in [3.05, 3.63) is 23.8 Å². The Morgan fingerprint density at radius 2 is 1.89 bits per heavy atom. The summed E-state index contributed by atoms with van der Waals surface area (Å²) in [6.07, 6.45) is 7.99. The van der Waals surface area contributed by atoms with Crippen molar-refractivity contribution < 1.29 is 9.84 Å². The predicted octanol–water partition coefficient (Wildman–Crippen LogP) is 4.30. The minimum Gasteiger partial charge on any atom is -0.508 e. The minimum absolute atomic E-state index is 0.148. The van der Waals surface area contributed by atoms with Crippen molar-refractivity contribution >= 4 is 0 Å². The zero-order chi connectivity index (χ0) is 13.0. The molecule has 0 saturated heterocycles. The Morgan fingerprint density at radius 3 is 2.56 bits per heavy atom. The van der Waals surface area contributed by atoms with E-state index in [1.54, 1.807) is 6.07 Å². The Hall–Kier alpha value is -1.18. The van der Waals surface area contributed by atoms with E-state index >= 15 is 0 Å². The van der Waals surface area contributed by atoms with Gasteiger partial charge >= 0.3 is 0 Å². The molecule has 1 saturated carbocycles. The third kappa shape index (κ3) is 3.94. The van der Waals surface area contributed by atoms with Crippen molar-refractivity contribution in [1.29, 1.82) is 0 Å². The summed E-state index contributed by atoms with van der Waals surface area (Å²) in [5, 5.41) is 9.76. The monoisotopic (exact) mass is 248 g/mol. The summed E-state index contributed by atoms with van der Waals surface area (Å²) < 4.78 is 5.66. The molecular weight excluding hydrogens is 224 g/mol. The maximum Gasteiger partial charge on any atom is 0.123 e. The molecule has 100 valence electrons. The Morgan fingerprint density at radius 1 is 1.17 bits per heavy atom. The van der Waals surface area contributed by atoms with Crippen LogP contribution in [-0.2, 0) is 6.42 Å². The summed E-state index contributed by atoms with van der Waals surface area (Å²) in [7, 11) is 0. The maximum absolute atomic E-state index is 9.76. The van der Waals surface area contributed by atoms with E-state index in [1.807, 2.05) is 19.9 Å². The number of hydrogen-bond acceptors (Lipinski definition) is 2. The van der Waals surface area contributed by atoms with Crippen molar-refractivity contribution in [2.24, 2.45) is 5.92 Å². The van der Waals surface area contributed by atoms with Crippen LogP contribution >= 0.6 is 0 Å². The van der Waals surface area contributed by atoms with Crippen LogP contribution in [0.5, 0.6) is 11.5 Å². The second-order valence-corrected chi connectivity index (χ2v) is 5.71. The smallest absolute Gasteiger partial charge is 0.123 e. The molecule has 0 unspecified atom stereocenters. The number of phenols is 1. The summed E-state index contributed by atoms with van der Waals surface area (Å²) in [4.78, 5) is 0. The zero-order valence-electron chi connectivity index (χ0n) is 11.5. The van der Waals surface area contributed by atoms with Crippen LogP contribution in [0.2, 0.25) is 0 Å². The molecule has 1 aliphatic carbocycles. The summed E-state index contributed by atoms with van der Waals surface area (Å²) in [5.74, 6) is 1.89. The first-order valence-electron chi connectivity index (χ1n) is 7.13. The first-order valence-corrected chi connectivity index (χ1v) is 7.13. The van der Waals surface area contributed by atoms with Crippen LogP contribution in [0.3, 0.4) is 0 Å². The van der Waals surface area contributed by atoms with Crippen molar-refractivity contribution in [3.63, 3.8) is 0 Å². The Balaban J connectivity index is 2.04. The highest BCUT2D eigenvalue weighted by Crippen LogP contribution is 2.30. The van der Waals surface area contributed by atoms with Gasteiger partial charge in [0.1, 0.15) is 11.5 Å². The van der Waals surface area contributed by atoms with Crippen molar-refractivity contribution in [1.82, 2.24) is 0 Å². The second-order valence-electron chi connectivity index (χ2n) is 5.71. The van der Waals surface area contributed by atoms with Gasteiger partial charge in [-0.2, -0.15) is 0 Å². The molecule has 1 aliphatic rings. The molecule has 0 spiro atoms. The van der Waals surface area contributed by atoms with Crippen molar-refractivity contribution in [3.8, 4) is 11.5 Å². The lowest BCUT2D eigenvalue weighted by Gasteiger charge is -2.22. The van der Waals surface area contributed by atoms with Crippen LogP contribution in [0.1, 0.15) is 51.5 Å². The standard InChI is InChI=1S/C16H24O2/c1-12(2)18-16-10-14(9-15(17)11-16)8-13-6-4-3-5-7-13/h9-13,17H,3-8H2,1-2H3. The molecule has 1 N–H and O–H groups in total. The van der Waals surface area contributed by atoms with Gasteiger partial charge in [0.25, 0.3) is 0 Å². The van der Waals surface area contributed by atoms with E-state index in [1.165, 1.54) is 37.7 Å². The van der Waals surface area contributed by atoms with Crippen LogP contribution in [0.4, 0.5) is 0 Å². The average Bonchev–Trinajstić information content (AvgIpc) is 2.28. The molecular formula is C16H24O2. The molecule has 1 aromatic rings. The fourth-order valence-electron chi connectivity index (χ4n) is 2.83. The molecule has 1 fully saturated rings. The molecule has 0 heterocycles. The molecule has 0 bridgehead atoms. The van der Waals surface area contributed by atoms with E-state index in [2.05, 4.69) is 6.07 Å². The normalized spacial score (nSPS) is 17.1. The van der Waals surface area contributed by atoms with E-state index in [0.717, 1.165) is 18.1 Å². The first-order chi connectivity index (χ1) is 8.63. The third-order valence-corrected chi connectivity index (χ3v) is 3.57. The molecule has 2 heteroatoms. The van der Waals surface area contributed by atoms with Gasteiger partial charge in [-0.05, 0) is 43.9 Å². The molecule has 0 amide bonds. The Labute approximate surface area is 110 Å². The Kier molecular flexibility index (Phi) is 4.51. The van der Waals surface area contributed by atoms with Gasteiger partial charge in [0.2, 0.25) is 0 Å². The molecule has 2 rings (SSSR count). The summed E-state index contributed by atoms with van der Waals surface area (Å²) in [5.41, 5.74) is 1.21. The SMILES string of the molecule is CC(C)Oc1cc(O)cc(CC2CCCCC2)c1. The van der Waals surface area contributed by atoms with Gasteiger partial charge in [-0.1, -0.05) is 32.1 Å². The van der Waals surface area contributed by atoms with Crippen LogP contribution in [0, 0.1) is 5.92 Å². The Bertz CT molecular complexity index is 379. The molecule has 1 aromatic carbocycles.